The van der Waals surface area contributed by atoms with Crippen LogP contribution < -0.4 is 0 Å². The van der Waals surface area contributed by atoms with Crippen molar-refractivity contribution in [3.63, 3.8) is 0 Å². The summed E-state index contributed by atoms with van der Waals surface area (Å²) in [6, 6.07) is 13.2. The lowest BCUT2D eigenvalue weighted by Gasteiger charge is -2.19. The summed E-state index contributed by atoms with van der Waals surface area (Å²) in [5, 5.41) is 10.4. The highest BCUT2D eigenvalue weighted by molar-refractivity contribution is 8.00. The summed E-state index contributed by atoms with van der Waals surface area (Å²) in [6.07, 6.45) is 0. The Kier molecular flexibility index (Phi) is 3.32. The summed E-state index contributed by atoms with van der Waals surface area (Å²) >= 11 is 1.43. The number of ketones is 1. The molecule has 0 aromatic heterocycles. The number of Topliss-reactive ketones (excluding diaryl/α,β-unsaturated/α-hetero) is 1. The fourth-order valence-electron chi connectivity index (χ4n) is 2.21. The summed E-state index contributed by atoms with van der Waals surface area (Å²) in [5.74, 6) is -0.762. The van der Waals surface area contributed by atoms with E-state index >= 15 is 0 Å². The number of carbonyl (C=O) groups excluding carboxylic acids is 1. The van der Waals surface area contributed by atoms with Gasteiger partial charge in [-0.25, -0.2) is 4.39 Å². The Morgan fingerprint density at radius 3 is 2.60 bits per heavy atom. The molecule has 0 unspecified atom stereocenters. The molecule has 0 aliphatic carbocycles. The van der Waals surface area contributed by atoms with E-state index in [9.17, 15) is 14.3 Å². The van der Waals surface area contributed by atoms with Gasteiger partial charge >= 0.3 is 0 Å². The number of carbonyl (C=O) groups is 1. The lowest BCUT2D eigenvalue weighted by atomic mass is 9.97. The zero-order valence-electron chi connectivity index (χ0n) is 10.5. The van der Waals surface area contributed by atoms with Gasteiger partial charge in [-0.15, -0.1) is 11.8 Å². The SMILES string of the molecule is O=C1CSc2ccccc2/C1=C(/O)c1ccccc1F. The number of benzene rings is 2. The summed E-state index contributed by atoms with van der Waals surface area (Å²) in [6.45, 7) is 0. The zero-order chi connectivity index (χ0) is 14.1. The third kappa shape index (κ3) is 2.12. The van der Waals surface area contributed by atoms with Gasteiger partial charge in [-0.05, 0) is 18.2 Å². The van der Waals surface area contributed by atoms with Gasteiger partial charge in [-0.2, -0.15) is 0 Å². The van der Waals surface area contributed by atoms with E-state index in [0.29, 0.717) is 5.56 Å². The minimum Gasteiger partial charge on any atom is -0.506 e. The Labute approximate surface area is 119 Å². The fourth-order valence-corrected chi connectivity index (χ4v) is 3.14. The van der Waals surface area contributed by atoms with Crippen LogP contribution >= 0.6 is 11.8 Å². The van der Waals surface area contributed by atoms with Gasteiger partial charge in [0.25, 0.3) is 0 Å². The summed E-state index contributed by atoms with van der Waals surface area (Å²) in [5.41, 5.74) is 0.913. The molecule has 1 heterocycles. The van der Waals surface area contributed by atoms with Crippen LogP contribution in [0.5, 0.6) is 0 Å². The fraction of sp³-hybridized carbons (Fsp3) is 0.0625. The molecule has 1 N–H and O–H groups in total. The third-order valence-corrected chi connectivity index (χ3v) is 4.23. The molecule has 3 rings (SSSR count). The van der Waals surface area contributed by atoms with Crippen LogP contribution in [0.15, 0.2) is 53.4 Å². The zero-order valence-corrected chi connectivity index (χ0v) is 11.3. The van der Waals surface area contributed by atoms with Crippen LogP contribution in [0.4, 0.5) is 4.39 Å². The Morgan fingerprint density at radius 2 is 1.80 bits per heavy atom. The molecule has 100 valence electrons. The summed E-state index contributed by atoms with van der Waals surface area (Å²) < 4.78 is 13.8. The molecular weight excluding hydrogens is 275 g/mol. The first-order chi connectivity index (χ1) is 9.68. The number of rotatable bonds is 1. The Bertz CT molecular complexity index is 722. The molecule has 2 nitrogen and oxygen atoms in total. The molecule has 0 amide bonds. The predicted molar refractivity (Wildman–Crippen MR) is 78.0 cm³/mol. The maximum Gasteiger partial charge on any atom is 0.177 e. The molecule has 0 fully saturated rings. The molecule has 1 aliphatic rings. The second-order valence-corrected chi connectivity index (χ2v) is 5.43. The van der Waals surface area contributed by atoms with Gasteiger partial charge in [-0.3, -0.25) is 4.79 Å². The number of allylic oxidation sites excluding steroid dienone is 1. The van der Waals surface area contributed by atoms with E-state index < -0.39 is 5.82 Å². The molecule has 1 aliphatic heterocycles. The largest absolute Gasteiger partial charge is 0.506 e. The van der Waals surface area contributed by atoms with Gasteiger partial charge in [-0.1, -0.05) is 30.3 Å². The number of halogens is 1. The number of aliphatic hydroxyl groups is 1. The van der Waals surface area contributed by atoms with Crippen LogP contribution in [0.1, 0.15) is 11.1 Å². The van der Waals surface area contributed by atoms with Crippen molar-refractivity contribution in [1.29, 1.82) is 0 Å². The Balaban J connectivity index is 2.24. The van der Waals surface area contributed by atoms with Crippen molar-refractivity contribution in [3.05, 3.63) is 65.5 Å². The number of fused-ring (bicyclic) bond motifs is 1. The van der Waals surface area contributed by atoms with Gasteiger partial charge in [0, 0.05) is 10.5 Å². The maximum atomic E-state index is 13.8. The average molecular weight is 286 g/mol. The molecule has 0 saturated heterocycles. The highest BCUT2D eigenvalue weighted by Gasteiger charge is 2.26. The first-order valence-corrected chi connectivity index (χ1v) is 7.10. The van der Waals surface area contributed by atoms with Crippen LogP contribution in [-0.2, 0) is 4.79 Å². The Morgan fingerprint density at radius 1 is 1.10 bits per heavy atom. The highest BCUT2D eigenvalue weighted by atomic mass is 32.2. The second kappa shape index (κ2) is 5.13. The van der Waals surface area contributed by atoms with Crippen LogP contribution in [0.2, 0.25) is 0 Å². The first kappa shape index (κ1) is 12.9. The topological polar surface area (TPSA) is 37.3 Å². The molecule has 20 heavy (non-hydrogen) atoms. The average Bonchev–Trinajstić information content (AvgIpc) is 2.47. The first-order valence-electron chi connectivity index (χ1n) is 6.12. The highest BCUT2D eigenvalue weighted by Crippen LogP contribution is 2.38. The smallest absolute Gasteiger partial charge is 0.177 e. The van der Waals surface area contributed by atoms with Crippen molar-refractivity contribution in [2.45, 2.75) is 4.90 Å². The quantitative estimate of drug-likeness (QED) is 0.637. The van der Waals surface area contributed by atoms with Gasteiger partial charge in [0.2, 0.25) is 0 Å². The van der Waals surface area contributed by atoms with E-state index in [4.69, 9.17) is 0 Å². The van der Waals surface area contributed by atoms with Crippen LogP contribution in [0.25, 0.3) is 11.3 Å². The molecule has 0 saturated carbocycles. The van der Waals surface area contributed by atoms with Crippen molar-refractivity contribution >= 4 is 28.9 Å². The van der Waals surface area contributed by atoms with Crippen LogP contribution in [0.3, 0.4) is 0 Å². The lowest BCUT2D eigenvalue weighted by Crippen LogP contribution is -2.13. The van der Waals surface area contributed by atoms with E-state index in [1.165, 1.54) is 23.9 Å². The Hall–Kier alpha value is -2.07. The van der Waals surface area contributed by atoms with E-state index in [0.717, 1.165) is 4.90 Å². The van der Waals surface area contributed by atoms with E-state index in [2.05, 4.69) is 0 Å². The second-order valence-electron chi connectivity index (χ2n) is 4.41. The monoisotopic (exact) mass is 286 g/mol. The molecule has 0 bridgehead atoms. The van der Waals surface area contributed by atoms with E-state index in [-0.39, 0.29) is 28.4 Å². The molecule has 0 atom stereocenters. The normalized spacial score (nSPS) is 16.8. The van der Waals surface area contributed by atoms with Crippen molar-refractivity contribution in [2.75, 3.05) is 5.75 Å². The number of hydrogen-bond donors (Lipinski definition) is 1. The molecule has 0 radical (unpaired) electrons. The van der Waals surface area contributed by atoms with Gasteiger partial charge in [0.15, 0.2) is 5.78 Å². The lowest BCUT2D eigenvalue weighted by molar-refractivity contribution is -0.111. The number of aliphatic hydroxyl groups excluding tert-OH is 1. The van der Waals surface area contributed by atoms with Crippen LogP contribution in [-0.4, -0.2) is 16.6 Å². The van der Waals surface area contributed by atoms with E-state index in [1.54, 1.807) is 24.3 Å². The standard InChI is InChI=1S/C16H11FO2S/c17-12-7-3-1-5-10(12)16(19)15-11-6-2-4-8-14(11)20-9-13(15)18/h1-8,19H,9H2/b16-15-. The number of thioether (sulfide) groups is 1. The van der Waals surface area contributed by atoms with Crippen LogP contribution in [0, 0.1) is 5.82 Å². The minimum atomic E-state index is -0.541. The molecular formula is C16H11FO2S. The molecule has 4 heteroatoms. The van der Waals surface area contributed by atoms with Crippen molar-refractivity contribution < 1.29 is 14.3 Å². The number of hydrogen-bond acceptors (Lipinski definition) is 3. The predicted octanol–water partition coefficient (Wildman–Crippen LogP) is 3.93. The van der Waals surface area contributed by atoms with Crippen molar-refractivity contribution in [2.24, 2.45) is 0 Å². The summed E-state index contributed by atoms with van der Waals surface area (Å²) in [7, 11) is 0. The molecule has 2 aromatic carbocycles. The third-order valence-electron chi connectivity index (χ3n) is 3.16. The maximum absolute atomic E-state index is 13.8. The van der Waals surface area contributed by atoms with E-state index in [1.807, 2.05) is 12.1 Å². The van der Waals surface area contributed by atoms with Gasteiger partial charge < -0.3 is 5.11 Å². The molecule has 2 aromatic rings. The minimum absolute atomic E-state index is 0.0533. The van der Waals surface area contributed by atoms with Gasteiger partial charge in [0.05, 0.1) is 16.9 Å². The summed E-state index contributed by atoms with van der Waals surface area (Å²) in [4.78, 5) is 13.0. The van der Waals surface area contributed by atoms with Crippen molar-refractivity contribution in [3.8, 4) is 0 Å². The molecule has 0 spiro atoms. The van der Waals surface area contributed by atoms with Crippen molar-refractivity contribution in [1.82, 2.24) is 0 Å². The van der Waals surface area contributed by atoms with Gasteiger partial charge in [0.1, 0.15) is 11.6 Å².